The van der Waals surface area contributed by atoms with Crippen LogP contribution in [0.1, 0.15) is 16.8 Å². The van der Waals surface area contributed by atoms with Crippen molar-refractivity contribution in [1.29, 1.82) is 0 Å². The molecule has 128 valence electrons. The summed E-state index contributed by atoms with van der Waals surface area (Å²) < 4.78 is 11.2. The average molecular weight is 355 g/mol. The van der Waals surface area contributed by atoms with Crippen LogP contribution in [0.4, 0.5) is 5.69 Å². The number of aromatic nitrogens is 1. The molecule has 7 heteroatoms. The van der Waals surface area contributed by atoms with Crippen LogP contribution in [0.15, 0.2) is 45.9 Å². The molecule has 6 nitrogen and oxygen atoms in total. The summed E-state index contributed by atoms with van der Waals surface area (Å²) in [4.78, 5) is 8.92. The topological polar surface area (TPSA) is 93.9 Å². The molecule has 0 bridgehead atoms. The van der Waals surface area contributed by atoms with Crippen LogP contribution in [0.25, 0.3) is 11.0 Å². The molecule has 3 rings (SSSR count). The van der Waals surface area contributed by atoms with E-state index in [4.69, 9.17) is 27.1 Å². The highest BCUT2D eigenvalue weighted by atomic mass is 32.1. The van der Waals surface area contributed by atoms with E-state index in [1.165, 1.54) is 0 Å². The van der Waals surface area contributed by atoms with E-state index in [1.807, 2.05) is 25.1 Å². The van der Waals surface area contributed by atoms with Gasteiger partial charge in [-0.2, -0.15) is 0 Å². The molecule has 0 aliphatic rings. The van der Waals surface area contributed by atoms with Crippen molar-refractivity contribution in [2.45, 2.75) is 13.5 Å². The molecule has 0 atom stereocenters. The number of benzene rings is 1. The minimum absolute atomic E-state index is 0.158. The van der Waals surface area contributed by atoms with Crippen molar-refractivity contribution >= 4 is 33.9 Å². The Hall–Kier alpha value is -2.77. The van der Waals surface area contributed by atoms with Gasteiger partial charge in [0.25, 0.3) is 0 Å². The molecule has 0 amide bonds. The van der Waals surface area contributed by atoms with Crippen molar-refractivity contribution < 1.29 is 14.3 Å². The lowest BCUT2D eigenvalue weighted by Gasteiger charge is -2.08. The molecule has 0 unspecified atom stereocenters. The first-order valence-electron chi connectivity index (χ1n) is 7.55. The minimum Gasteiger partial charge on any atom is -0.497 e. The summed E-state index contributed by atoms with van der Waals surface area (Å²) in [6.07, 6.45) is 1.61. The van der Waals surface area contributed by atoms with Crippen molar-refractivity contribution in [1.82, 2.24) is 4.98 Å². The van der Waals surface area contributed by atoms with Crippen molar-refractivity contribution in [3.63, 3.8) is 0 Å². The average Bonchev–Trinajstić information content (AvgIpc) is 2.62. The number of aliphatic hydroxyl groups is 1. The van der Waals surface area contributed by atoms with Gasteiger partial charge in [0.05, 0.1) is 30.7 Å². The highest BCUT2D eigenvalue weighted by Crippen LogP contribution is 2.22. The Balaban J connectivity index is 2.33. The van der Waals surface area contributed by atoms with Crippen molar-refractivity contribution in [2.75, 3.05) is 7.11 Å². The lowest BCUT2D eigenvalue weighted by atomic mass is 10.1. The summed E-state index contributed by atoms with van der Waals surface area (Å²) >= 11 is 5.14. The van der Waals surface area contributed by atoms with Crippen molar-refractivity contribution in [3.8, 4) is 5.75 Å². The third-order valence-electron chi connectivity index (χ3n) is 3.77. The van der Waals surface area contributed by atoms with Gasteiger partial charge in [0.15, 0.2) is 5.58 Å². The maximum Gasteiger partial charge on any atom is 0.230 e. The first-order valence-corrected chi connectivity index (χ1v) is 7.96. The normalized spacial score (nSPS) is 11.7. The second-order valence-electron chi connectivity index (χ2n) is 5.41. The van der Waals surface area contributed by atoms with Gasteiger partial charge in [-0.15, -0.1) is 0 Å². The highest BCUT2D eigenvalue weighted by molar-refractivity contribution is 7.80. The van der Waals surface area contributed by atoms with Gasteiger partial charge in [-0.1, -0.05) is 18.3 Å². The Morgan fingerprint density at radius 1 is 1.40 bits per heavy atom. The predicted octanol–water partition coefficient (Wildman–Crippen LogP) is 2.50. The number of hydrogen-bond acceptors (Lipinski definition) is 6. The number of ether oxygens (including phenoxy) is 1. The number of pyridine rings is 1. The third-order valence-corrected chi connectivity index (χ3v) is 3.99. The zero-order valence-electron chi connectivity index (χ0n) is 13.8. The van der Waals surface area contributed by atoms with E-state index in [1.54, 1.807) is 25.4 Å². The van der Waals surface area contributed by atoms with E-state index < -0.39 is 0 Å². The molecule has 0 spiro atoms. The molecule has 3 aromatic rings. The number of fused-ring (bicyclic) bond motifs is 1. The third kappa shape index (κ3) is 3.38. The number of methoxy groups -OCH3 is 1. The van der Waals surface area contributed by atoms with Crippen LogP contribution in [0.3, 0.4) is 0 Å². The lowest BCUT2D eigenvalue weighted by Crippen LogP contribution is -2.21. The number of thiocarbonyl (C=S) groups is 1. The summed E-state index contributed by atoms with van der Waals surface area (Å²) in [7, 11) is 1.59. The Bertz CT molecular complexity index is 1030. The smallest absolute Gasteiger partial charge is 0.230 e. The molecule has 3 N–H and O–H groups in total. The fourth-order valence-corrected chi connectivity index (χ4v) is 2.62. The fraction of sp³-hybridized carbons (Fsp3) is 0.167. The Morgan fingerprint density at radius 3 is 2.88 bits per heavy atom. The summed E-state index contributed by atoms with van der Waals surface area (Å²) in [6, 6.07) is 9.03. The van der Waals surface area contributed by atoms with Gasteiger partial charge in [0.1, 0.15) is 10.7 Å². The number of aliphatic hydroxyl groups excluding tert-OH is 1. The molecule has 0 saturated heterocycles. The van der Waals surface area contributed by atoms with E-state index in [-0.39, 0.29) is 17.1 Å². The van der Waals surface area contributed by atoms with Crippen LogP contribution < -0.4 is 16.0 Å². The van der Waals surface area contributed by atoms with E-state index in [0.717, 1.165) is 0 Å². The summed E-state index contributed by atoms with van der Waals surface area (Å²) in [6.45, 7) is 1.66. The van der Waals surface area contributed by atoms with E-state index >= 15 is 0 Å². The van der Waals surface area contributed by atoms with Gasteiger partial charge in [0, 0.05) is 23.2 Å². The van der Waals surface area contributed by atoms with Gasteiger partial charge in [-0.25, -0.2) is 4.99 Å². The molecule has 2 heterocycles. The van der Waals surface area contributed by atoms with Crippen LogP contribution in [0.5, 0.6) is 5.75 Å². The van der Waals surface area contributed by atoms with Crippen LogP contribution >= 0.6 is 12.2 Å². The molecule has 0 aliphatic carbocycles. The van der Waals surface area contributed by atoms with Crippen molar-refractivity contribution in [3.05, 3.63) is 58.9 Å². The number of nitrogens with zero attached hydrogens (tertiary/aromatic N) is 2. The summed E-state index contributed by atoms with van der Waals surface area (Å²) in [5, 5.41) is 10.2. The second-order valence-corrected chi connectivity index (χ2v) is 5.85. The van der Waals surface area contributed by atoms with E-state index in [2.05, 4.69) is 9.98 Å². The summed E-state index contributed by atoms with van der Waals surface area (Å²) in [5.74, 6) is 0.680. The predicted molar refractivity (Wildman–Crippen MR) is 98.8 cm³/mol. The molecule has 0 aliphatic heterocycles. The molecule has 0 fully saturated rings. The monoisotopic (exact) mass is 355 g/mol. The molecule has 2 aromatic heterocycles. The van der Waals surface area contributed by atoms with Crippen molar-refractivity contribution in [2.24, 2.45) is 10.7 Å². The summed E-state index contributed by atoms with van der Waals surface area (Å²) in [5.41, 5.74) is 9.13. The minimum atomic E-state index is -0.164. The molecular formula is C18H17N3O3S. The zero-order valence-corrected chi connectivity index (χ0v) is 14.6. The molecule has 0 radical (unpaired) electrons. The first-order chi connectivity index (χ1) is 12.0. The number of nitrogens with two attached hydrogens (primary N) is 1. The highest BCUT2D eigenvalue weighted by Gasteiger charge is 2.12. The lowest BCUT2D eigenvalue weighted by molar-refractivity contribution is 0.282. The number of rotatable bonds is 4. The molecule has 1 aromatic carbocycles. The fourth-order valence-electron chi connectivity index (χ4n) is 2.47. The quantitative estimate of drug-likeness (QED) is 0.699. The standard InChI is InChI=1S/C18H17N3O3S/c1-10-16-14(11(9-22)8-20-10)7-15(17(19)25)18(24-16)21-12-4-3-5-13(6-12)23-2/h3-8,22H,9H2,1-2H3,(H2,19,25). The van der Waals surface area contributed by atoms with Crippen LogP contribution in [-0.2, 0) is 6.61 Å². The zero-order chi connectivity index (χ0) is 18.0. The van der Waals surface area contributed by atoms with Gasteiger partial charge in [-0.3, -0.25) is 4.98 Å². The second kappa shape index (κ2) is 7.00. The van der Waals surface area contributed by atoms with Gasteiger partial charge in [0.2, 0.25) is 5.55 Å². The van der Waals surface area contributed by atoms with Gasteiger partial charge in [-0.05, 0) is 25.1 Å². The number of aryl methyl sites for hydroxylation is 1. The SMILES string of the molecule is COc1cccc(N=c2oc3c(C)ncc(CO)c3cc2C(N)=S)c1. The van der Waals surface area contributed by atoms with E-state index in [9.17, 15) is 5.11 Å². The van der Waals surface area contributed by atoms with Gasteiger partial charge >= 0.3 is 0 Å². The number of hydrogen-bond donors (Lipinski definition) is 2. The Labute approximate surface area is 149 Å². The van der Waals surface area contributed by atoms with Crippen LogP contribution in [0, 0.1) is 6.92 Å². The van der Waals surface area contributed by atoms with Crippen LogP contribution in [-0.4, -0.2) is 22.2 Å². The van der Waals surface area contributed by atoms with E-state index in [0.29, 0.717) is 39.2 Å². The Kier molecular flexibility index (Phi) is 4.78. The largest absolute Gasteiger partial charge is 0.497 e. The molecule has 0 saturated carbocycles. The maximum atomic E-state index is 9.54. The van der Waals surface area contributed by atoms with Gasteiger partial charge < -0.3 is 20.0 Å². The van der Waals surface area contributed by atoms with Crippen LogP contribution in [0.2, 0.25) is 0 Å². The first kappa shape index (κ1) is 17.1. The Morgan fingerprint density at radius 2 is 2.20 bits per heavy atom. The maximum absolute atomic E-state index is 9.54. The molecule has 25 heavy (non-hydrogen) atoms. The molecular weight excluding hydrogens is 338 g/mol.